The first-order valence-electron chi connectivity index (χ1n) is 9.44. The van der Waals surface area contributed by atoms with Crippen molar-refractivity contribution in [3.8, 4) is 16.9 Å². The summed E-state index contributed by atoms with van der Waals surface area (Å²) in [7, 11) is 1.82. The van der Waals surface area contributed by atoms with Gasteiger partial charge in [-0.1, -0.05) is 18.9 Å². The molecule has 0 unspecified atom stereocenters. The van der Waals surface area contributed by atoms with Crippen LogP contribution < -0.4 is 14.6 Å². The zero-order valence-corrected chi connectivity index (χ0v) is 16.6. The molecule has 138 valence electrons. The largest absolute Gasteiger partial charge is 0.493 e. The Kier molecular flexibility index (Phi) is 4.74. The number of fused-ring (bicyclic) bond motifs is 1. The molecule has 4 nitrogen and oxygen atoms in total. The molecule has 2 aromatic rings. The minimum absolute atomic E-state index is 0.0542. The number of ether oxygens (including phenoxy) is 1. The maximum atomic E-state index is 12.1. The third-order valence-corrected chi connectivity index (χ3v) is 6.11. The van der Waals surface area contributed by atoms with Gasteiger partial charge in [-0.15, -0.1) is 0 Å². The summed E-state index contributed by atoms with van der Waals surface area (Å²) in [4.78, 5) is 12.1. The quantitative estimate of drug-likeness (QED) is 0.715. The molecule has 1 fully saturated rings. The molecule has 1 aromatic heterocycles. The van der Waals surface area contributed by atoms with E-state index in [9.17, 15) is 4.79 Å². The van der Waals surface area contributed by atoms with Gasteiger partial charge in [0.2, 0.25) is 0 Å². The molecule has 0 N–H and O–H groups in total. The molecule has 1 saturated carbocycles. The van der Waals surface area contributed by atoms with E-state index in [2.05, 4.69) is 23.4 Å². The third kappa shape index (κ3) is 3.37. The molecule has 5 heteroatoms. The number of hydrogen-bond donors (Lipinski definition) is 0. The maximum Gasteiger partial charge on any atom is 0.253 e. The predicted octanol–water partition coefficient (Wildman–Crippen LogP) is 4.18. The van der Waals surface area contributed by atoms with Gasteiger partial charge in [-0.2, -0.15) is 0 Å². The topological polar surface area (TPSA) is 34.5 Å². The lowest BCUT2D eigenvalue weighted by Crippen LogP contribution is -2.18. The van der Waals surface area contributed by atoms with Gasteiger partial charge in [0, 0.05) is 42.2 Å². The zero-order chi connectivity index (χ0) is 18.3. The van der Waals surface area contributed by atoms with Gasteiger partial charge in [-0.3, -0.25) is 4.79 Å². The number of nitrogens with zero attached hydrogens (tertiary/aromatic N) is 2. The molecule has 0 radical (unpaired) electrons. The normalized spacial score (nSPS) is 16.0. The van der Waals surface area contributed by atoms with Crippen LogP contribution in [0.4, 0.5) is 5.69 Å². The molecular weight excluding hydrogens is 344 g/mol. The highest BCUT2D eigenvalue weighted by Crippen LogP contribution is 2.42. The monoisotopic (exact) mass is 370 g/mol. The van der Waals surface area contributed by atoms with Gasteiger partial charge in [-0.05, 0) is 55.9 Å². The number of hydrogen-bond acceptors (Lipinski definition) is 4. The van der Waals surface area contributed by atoms with Crippen LogP contribution in [-0.2, 0) is 13.5 Å². The van der Waals surface area contributed by atoms with Crippen LogP contribution in [0.5, 0.6) is 5.75 Å². The minimum Gasteiger partial charge on any atom is -0.493 e. The predicted molar refractivity (Wildman–Crippen MR) is 109 cm³/mol. The first-order valence-corrected chi connectivity index (χ1v) is 10.4. The summed E-state index contributed by atoms with van der Waals surface area (Å²) >= 11 is 1.87. The standard InChI is InChI=1S/C21H26N2O2S/c1-4-26-23-8-7-16-10-20(25-13-15-5-6-15)18(11-19(16)23)17-9-14(2)21(24)22(3)12-17/h9-12,15H,4-8,13H2,1-3H3. The number of aryl methyl sites for hydroxylation is 2. The highest BCUT2D eigenvalue weighted by atomic mass is 32.2. The number of benzene rings is 1. The Balaban J connectivity index is 1.79. The van der Waals surface area contributed by atoms with Gasteiger partial charge in [0.05, 0.1) is 12.3 Å². The summed E-state index contributed by atoms with van der Waals surface area (Å²) < 4.78 is 10.3. The van der Waals surface area contributed by atoms with Crippen LogP contribution in [0.15, 0.2) is 29.2 Å². The van der Waals surface area contributed by atoms with Crippen molar-refractivity contribution in [2.45, 2.75) is 33.1 Å². The fourth-order valence-electron chi connectivity index (χ4n) is 3.54. The van der Waals surface area contributed by atoms with Crippen molar-refractivity contribution in [1.82, 2.24) is 4.57 Å². The Labute approximate surface area is 159 Å². The Morgan fingerprint density at radius 2 is 2.08 bits per heavy atom. The molecule has 0 bridgehead atoms. The summed E-state index contributed by atoms with van der Waals surface area (Å²) in [6, 6.07) is 6.47. The fourth-order valence-corrected chi connectivity index (χ4v) is 4.38. The fraction of sp³-hybridized carbons (Fsp3) is 0.476. The molecule has 2 aliphatic rings. The lowest BCUT2D eigenvalue weighted by Gasteiger charge is -2.20. The maximum absolute atomic E-state index is 12.1. The van der Waals surface area contributed by atoms with Crippen LogP contribution in [0.2, 0.25) is 0 Å². The molecule has 0 spiro atoms. The summed E-state index contributed by atoms with van der Waals surface area (Å²) in [5.41, 5.74) is 5.61. The van der Waals surface area contributed by atoms with E-state index in [1.807, 2.05) is 38.2 Å². The minimum atomic E-state index is 0.0542. The van der Waals surface area contributed by atoms with Gasteiger partial charge in [0.1, 0.15) is 5.75 Å². The van der Waals surface area contributed by atoms with E-state index >= 15 is 0 Å². The van der Waals surface area contributed by atoms with E-state index in [1.165, 1.54) is 24.1 Å². The van der Waals surface area contributed by atoms with E-state index in [0.717, 1.165) is 47.8 Å². The first-order chi connectivity index (χ1) is 12.6. The smallest absolute Gasteiger partial charge is 0.253 e. The van der Waals surface area contributed by atoms with Crippen LogP contribution in [0.25, 0.3) is 11.1 Å². The zero-order valence-electron chi connectivity index (χ0n) is 15.7. The number of rotatable bonds is 6. The van der Waals surface area contributed by atoms with Gasteiger partial charge in [0.25, 0.3) is 5.56 Å². The molecule has 2 heterocycles. The van der Waals surface area contributed by atoms with Crippen LogP contribution in [0.3, 0.4) is 0 Å². The van der Waals surface area contributed by atoms with Crippen molar-refractivity contribution in [2.24, 2.45) is 13.0 Å². The van der Waals surface area contributed by atoms with E-state index < -0.39 is 0 Å². The Bertz CT molecular complexity index is 860. The van der Waals surface area contributed by atoms with Crippen molar-refractivity contribution >= 4 is 17.6 Å². The van der Waals surface area contributed by atoms with E-state index in [1.54, 1.807) is 4.57 Å². The summed E-state index contributed by atoms with van der Waals surface area (Å²) in [5.74, 6) is 2.73. The average Bonchev–Trinajstić information content (AvgIpc) is 3.38. The van der Waals surface area contributed by atoms with Crippen molar-refractivity contribution in [3.63, 3.8) is 0 Å². The van der Waals surface area contributed by atoms with E-state index in [0.29, 0.717) is 5.92 Å². The molecule has 26 heavy (non-hydrogen) atoms. The lowest BCUT2D eigenvalue weighted by molar-refractivity contribution is 0.301. The Morgan fingerprint density at radius 3 is 2.77 bits per heavy atom. The van der Waals surface area contributed by atoms with E-state index in [4.69, 9.17) is 4.74 Å². The van der Waals surface area contributed by atoms with Gasteiger partial charge >= 0.3 is 0 Å². The molecule has 0 atom stereocenters. The molecule has 1 aliphatic heterocycles. The van der Waals surface area contributed by atoms with Crippen molar-refractivity contribution in [2.75, 3.05) is 23.2 Å². The van der Waals surface area contributed by atoms with Crippen LogP contribution in [0, 0.1) is 12.8 Å². The average molecular weight is 371 g/mol. The number of aromatic nitrogens is 1. The summed E-state index contributed by atoms with van der Waals surface area (Å²) in [6.45, 7) is 5.91. The summed E-state index contributed by atoms with van der Waals surface area (Å²) in [5, 5.41) is 0. The molecular formula is C21H26N2O2S. The van der Waals surface area contributed by atoms with Crippen molar-refractivity contribution in [1.29, 1.82) is 0 Å². The second-order valence-electron chi connectivity index (χ2n) is 7.33. The molecule has 1 aliphatic carbocycles. The van der Waals surface area contributed by atoms with Gasteiger partial charge in [0.15, 0.2) is 0 Å². The molecule has 0 saturated heterocycles. The summed E-state index contributed by atoms with van der Waals surface area (Å²) in [6.07, 6.45) is 5.54. The first kappa shape index (κ1) is 17.5. The Hall–Kier alpha value is -1.88. The molecule has 0 amide bonds. The van der Waals surface area contributed by atoms with Crippen LogP contribution >= 0.6 is 11.9 Å². The van der Waals surface area contributed by atoms with Crippen LogP contribution in [-0.4, -0.2) is 23.5 Å². The Morgan fingerprint density at radius 1 is 1.27 bits per heavy atom. The SMILES string of the molecule is CCSN1CCc2cc(OCC3CC3)c(-c3cc(C)c(=O)n(C)c3)cc21. The lowest BCUT2D eigenvalue weighted by atomic mass is 10.0. The highest BCUT2D eigenvalue weighted by Gasteiger charge is 2.25. The second-order valence-corrected chi connectivity index (χ2v) is 8.61. The number of pyridine rings is 1. The molecule has 1 aromatic carbocycles. The second kappa shape index (κ2) is 7.03. The molecule has 4 rings (SSSR count). The van der Waals surface area contributed by atoms with Crippen LogP contribution in [0.1, 0.15) is 30.9 Å². The van der Waals surface area contributed by atoms with Crippen molar-refractivity contribution in [3.05, 3.63) is 45.9 Å². The number of anilines is 1. The van der Waals surface area contributed by atoms with Crippen molar-refractivity contribution < 1.29 is 4.74 Å². The third-order valence-electron chi connectivity index (χ3n) is 5.16. The van der Waals surface area contributed by atoms with E-state index in [-0.39, 0.29) is 5.56 Å². The highest BCUT2D eigenvalue weighted by molar-refractivity contribution is 8.00. The van der Waals surface area contributed by atoms with Gasteiger partial charge in [-0.25, -0.2) is 0 Å². The van der Waals surface area contributed by atoms with Gasteiger partial charge < -0.3 is 13.6 Å².